The van der Waals surface area contributed by atoms with Crippen molar-refractivity contribution in [1.29, 1.82) is 0 Å². The standard InChI is InChI=1S/C13H16N4O2.ClH/c1-13(14,11(18)19)8-9-2-4-10(5-3-9)17-12-15-6-7-16-12;/h2-7H,8,14H2,1H3,(H,18,19)(H2,15,16,17);1H/t13-;/m0./s1. The molecular weight excluding hydrogens is 280 g/mol. The molecule has 0 amide bonds. The first-order valence-electron chi connectivity index (χ1n) is 5.85. The molecule has 5 N–H and O–H groups in total. The second-order valence-electron chi connectivity index (χ2n) is 4.66. The molecule has 0 aliphatic rings. The maximum Gasteiger partial charge on any atom is 0.323 e. The van der Waals surface area contributed by atoms with Gasteiger partial charge >= 0.3 is 5.97 Å². The second kappa shape index (κ2) is 6.40. The highest BCUT2D eigenvalue weighted by molar-refractivity contribution is 5.85. The molecule has 1 aromatic heterocycles. The van der Waals surface area contributed by atoms with Crippen molar-refractivity contribution < 1.29 is 9.90 Å². The summed E-state index contributed by atoms with van der Waals surface area (Å²) in [6, 6.07) is 7.41. The van der Waals surface area contributed by atoms with E-state index in [-0.39, 0.29) is 18.8 Å². The Hall–Kier alpha value is -2.05. The third-order valence-corrected chi connectivity index (χ3v) is 2.77. The van der Waals surface area contributed by atoms with Gasteiger partial charge in [0, 0.05) is 24.5 Å². The molecule has 20 heavy (non-hydrogen) atoms. The maximum absolute atomic E-state index is 11.0. The van der Waals surface area contributed by atoms with Crippen LogP contribution in [0.25, 0.3) is 0 Å². The summed E-state index contributed by atoms with van der Waals surface area (Å²) in [6.07, 6.45) is 3.66. The zero-order chi connectivity index (χ0) is 13.9. The molecule has 0 fully saturated rings. The molecule has 0 bridgehead atoms. The lowest BCUT2D eigenvalue weighted by atomic mass is 9.94. The Morgan fingerprint density at radius 2 is 2.10 bits per heavy atom. The first kappa shape index (κ1) is 16.0. The van der Waals surface area contributed by atoms with Gasteiger partial charge in [0.15, 0.2) is 0 Å². The normalized spacial score (nSPS) is 13.1. The number of nitrogens with zero attached hydrogens (tertiary/aromatic N) is 1. The number of carbonyl (C=O) groups is 1. The fourth-order valence-corrected chi connectivity index (χ4v) is 1.68. The quantitative estimate of drug-likeness (QED) is 0.675. The largest absolute Gasteiger partial charge is 0.480 e. The molecule has 7 heteroatoms. The topological polar surface area (TPSA) is 104 Å². The molecule has 1 heterocycles. The molecule has 0 saturated heterocycles. The van der Waals surface area contributed by atoms with E-state index in [9.17, 15) is 4.79 Å². The van der Waals surface area contributed by atoms with Gasteiger partial charge in [-0.25, -0.2) is 4.98 Å². The molecule has 1 aromatic carbocycles. The zero-order valence-corrected chi connectivity index (χ0v) is 11.8. The minimum Gasteiger partial charge on any atom is -0.480 e. The summed E-state index contributed by atoms with van der Waals surface area (Å²) in [5.41, 5.74) is 6.20. The maximum atomic E-state index is 11.0. The molecule has 2 aromatic rings. The number of nitrogens with one attached hydrogen (secondary N) is 2. The van der Waals surface area contributed by atoms with E-state index in [1.807, 2.05) is 24.3 Å². The van der Waals surface area contributed by atoms with E-state index in [4.69, 9.17) is 10.8 Å². The molecule has 1 atom stereocenters. The third-order valence-electron chi connectivity index (χ3n) is 2.77. The summed E-state index contributed by atoms with van der Waals surface area (Å²) in [7, 11) is 0. The lowest BCUT2D eigenvalue weighted by Gasteiger charge is -2.19. The number of aliphatic carboxylic acids is 1. The van der Waals surface area contributed by atoms with Crippen LogP contribution in [0.15, 0.2) is 36.7 Å². The number of hydrogen-bond donors (Lipinski definition) is 4. The molecule has 6 nitrogen and oxygen atoms in total. The molecule has 0 spiro atoms. The SMILES string of the molecule is C[C@](N)(Cc1ccc(Nc2ncc[nH]2)cc1)C(=O)O.Cl. The molecule has 0 saturated carbocycles. The first-order valence-corrected chi connectivity index (χ1v) is 5.85. The van der Waals surface area contributed by atoms with Crippen molar-refractivity contribution in [2.24, 2.45) is 5.73 Å². The van der Waals surface area contributed by atoms with Crippen LogP contribution in [0.3, 0.4) is 0 Å². The number of aromatic nitrogens is 2. The van der Waals surface area contributed by atoms with E-state index < -0.39 is 11.5 Å². The fourth-order valence-electron chi connectivity index (χ4n) is 1.68. The van der Waals surface area contributed by atoms with Crippen LogP contribution in [0.5, 0.6) is 0 Å². The second-order valence-corrected chi connectivity index (χ2v) is 4.66. The Bertz CT molecular complexity index is 552. The molecule has 2 rings (SSSR count). The number of carboxylic acids is 1. The van der Waals surface area contributed by atoms with Gasteiger partial charge in [0.25, 0.3) is 0 Å². The molecule has 0 unspecified atom stereocenters. The van der Waals surface area contributed by atoms with E-state index in [0.29, 0.717) is 5.95 Å². The Morgan fingerprint density at radius 3 is 2.60 bits per heavy atom. The van der Waals surface area contributed by atoms with Crippen LogP contribution in [0.2, 0.25) is 0 Å². The Labute approximate surface area is 122 Å². The van der Waals surface area contributed by atoms with Crippen molar-refractivity contribution >= 4 is 30.0 Å². The number of anilines is 2. The summed E-state index contributed by atoms with van der Waals surface area (Å²) in [5, 5.41) is 12.1. The molecular formula is C13H17ClN4O2. The first-order chi connectivity index (χ1) is 8.97. The minimum atomic E-state index is -1.25. The van der Waals surface area contributed by atoms with Gasteiger partial charge in [-0.3, -0.25) is 4.79 Å². The van der Waals surface area contributed by atoms with E-state index in [2.05, 4.69) is 15.3 Å². The highest BCUT2D eigenvalue weighted by Crippen LogP contribution is 2.16. The number of hydrogen-bond acceptors (Lipinski definition) is 4. The van der Waals surface area contributed by atoms with Gasteiger partial charge in [-0.15, -0.1) is 12.4 Å². The lowest BCUT2D eigenvalue weighted by molar-refractivity contribution is -0.142. The molecule has 108 valence electrons. The summed E-state index contributed by atoms with van der Waals surface area (Å²) in [5.74, 6) is -0.354. The van der Waals surface area contributed by atoms with Crippen LogP contribution in [0.1, 0.15) is 12.5 Å². The van der Waals surface area contributed by atoms with Gasteiger partial charge in [-0.05, 0) is 24.6 Å². The van der Waals surface area contributed by atoms with Crippen molar-refractivity contribution in [1.82, 2.24) is 9.97 Å². The molecule has 0 aliphatic heterocycles. The average molecular weight is 297 g/mol. The number of H-pyrrole nitrogens is 1. The summed E-state index contributed by atoms with van der Waals surface area (Å²) < 4.78 is 0. The average Bonchev–Trinajstić information content (AvgIpc) is 2.84. The van der Waals surface area contributed by atoms with Crippen molar-refractivity contribution in [2.75, 3.05) is 5.32 Å². The summed E-state index contributed by atoms with van der Waals surface area (Å²) in [6.45, 7) is 1.50. The molecule has 0 aliphatic carbocycles. The monoisotopic (exact) mass is 296 g/mol. The van der Waals surface area contributed by atoms with Crippen LogP contribution in [-0.2, 0) is 11.2 Å². The Morgan fingerprint density at radius 1 is 1.45 bits per heavy atom. The van der Waals surface area contributed by atoms with Crippen LogP contribution in [0.4, 0.5) is 11.6 Å². The Balaban J connectivity index is 0.00000200. The van der Waals surface area contributed by atoms with E-state index in [1.54, 1.807) is 12.4 Å². The van der Waals surface area contributed by atoms with Gasteiger partial charge in [0.2, 0.25) is 5.95 Å². The van der Waals surface area contributed by atoms with E-state index in [1.165, 1.54) is 6.92 Å². The van der Waals surface area contributed by atoms with Gasteiger partial charge in [0.1, 0.15) is 5.54 Å². The minimum absolute atomic E-state index is 0. The number of aromatic amines is 1. The van der Waals surface area contributed by atoms with Crippen LogP contribution in [0, 0.1) is 0 Å². The van der Waals surface area contributed by atoms with Gasteiger partial charge < -0.3 is 21.1 Å². The Kier molecular flexibility index (Phi) is 5.12. The number of halogens is 1. The van der Waals surface area contributed by atoms with Crippen molar-refractivity contribution in [3.05, 3.63) is 42.2 Å². The highest BCUT2D eigenvalue weighted by Gasteiger charge is 2.27. The zero-order valence-electron chi connectivity index (χ0n) is 11.0. The lowest BCUT2D eigenvalue weighted by Crippen LogP contribution is -2.46. The van der Waals surface area contributed by atoms with Crippen LogP contribution < -0.4 is 11.1 Å². The number of imidazole rings is 1. The van der Waals surface area contributed by atoms with Crippen LogP contribution >= 0.6 is 12.4 Å². The number of nitrogens with two attached hydrogens (primary N) is 1. The van der Waals surface area contributed by atoms with E-state index in [0.717, 1.165) is 11.3 Å². The van der Waals surface area contributed by atoms with Gasteiger partial charge in [-0.2, -0.15) is 0 Å². The van der Waals surface area contributed by atoms with Crippen molar-refractivity contribution in [3.63, 3.8) is 0 Å². The summed E-state index contributed by atoms with van der Waals surface area (Å²) in [4.78, 5) is 17.9. The van der Waals surface area contributed by atoms with Crippen molar-refractivity contribution in [2.45, 2.75) is 18.9 Å². The van der Waals surface area contributed by atoms with E-state index >= 15 is 0 Å². The predicted octanol–water partition coefficient (Wildman–Crippen LogP) is 1.92. The molecule has 0 radical (unpaired) electrons. The fraction of sp³-hybridized carbons (Fsp3) is 0.231. The summed E-state index contributed by atoms with van der Waals surface area (Å²) >= 11 is 0. The highest BCUT2D eigenvalue weighted by atomic mass is 35.5. The number of rotatable bonds is 5. The third kappa shape index (κ3) is 3.97. The van der Waals surface area contributed by atoms with Crippen molar-refractivity contribution in [3.8, 4) is 0 Å². The van der Waals surface area contributed by atoms with Gasteiger partial charge in [-0.1, -0.05) is 12.1 Å². The van der Waals surface area contributed by atoms with Gasteiger partial charge in [0.05, 0.1) is 0 Å². The smallest absolute Gasteiger partial charge is 0.323 e. The number of benzene rings is 1. The van der Waals surface area contributed by atoms with Crippen LogP contribution in [-0.4, -0.2) is 26.6 Å². The number of carboxylic acid groups (broad SMARTS) is 1. The predicted molar refractivity (Wildman–Crippen MR) is 79.5 cm³/mol.